The Morgan fingerprint density at radius 2 is 1.56 bits per heavy atom. The van der Waals surface area contributed by atoms with Gasteiger partial charge in [-0.2, -0.15) is 18.3 Å². The summed E-state index contributed by atoms with van der Waals surface area (Å²) in [4.78, 5) is 16.3. The molecule has 4 rings (SSSR count). The van der Waals surface area contributed by atoms with Gasteiger partial charge in [-0.1, -0.05) is 30.3 Å². The highest BCUT2D eigenvalue weighted by molar-refractivity contribution is 5.90. The second-order valence-corrected chi connectivity index (χ2v) is 7.71. The van der Waals surface area contributed by atoms with Crippen molar-refractivity contribution in [2.45, 2.75) is 20.0 Å². The van der Waals surface area contributed by atoms with E-state index in [1.807, 2.05) is 48.9 Å². The van der Waals surface area contributed by atoms with Crippen LogP contribution in [-0.2, 0) is 6.18 Å². The summed E-state index contributed by atoms with van der Waals surface area (Å²) < 4.78 is 41.5. The Labute approximate surface area is 184 Å². The van der Waals surface area contributed by atoms with E-state index in [9.17, 15) is 18.0 Å². The summed E-state index contributed by atoms with van der Waals surface area (Å²) in [5.41, 5.74) is 2.81. The Kier molecular flexibility index (Phi) is 5.82. The topological polar surface area (TPSA) is 53.4 Å². The van der Waals surface area contributed by atoms with Gasteiger partial charge in [-0.25, -0.2) is 9.48 Å². The van der Waals surface area contributed by atoms with Gasteiger partial charge in [0.05, 0.1) is 34.0 Å². The lowest BCUT2D eigenvalue weighted by atomic mass is 10.1. The minimum Gasteiger partial charge on any atom is -0.365 e. The summed E-state index contributed by atoms with van der Waals surface area (Å²) in [6, 6.07) is 14.3. The van der Waals surface area contributed by atoms with Crippen molar-refractivity contribution in [3.05, 3.63) is 71.5 Å². The van der Waals surface area contributed by atoms with Crippen LogP contribution in [0.4, 0.5) is 29.3 Å². The number of benzene rings is 2. The molecule has 3 aromatic rings. The maximum atomic E-state index is 13.2. The third kappa shape index (κ3) is 4.28. The lowest BCUT2D eigenvalue weighted by Crippen LogP contribution is -2.50. The molecule has 0 saturated carbocycles. The zero-order valence-electron chi connectivity index (χ0n) is 17.9. The summed E-state index contributed by atoms with van der Waals surface area (Å²) in [6.07, 6.45) is -4.53. The number of urea groups is 1. The highest BCUT2D eigenvalue weighted by Crippen LogP contribution is 2.35. The third-order valence-corrected chi connectivity index (χ3v) is 5.61. The van der Waals surface area contributed by atoms with Gasteiger partial charge in [-0.05, 0) is 38.1 Å². The number of para-hydroxylation sites is 2. The van der Waals surface area contributed by atoms with Gasteiger partial charge >= 0.3 is 12.2 Å². The smallest absolute Gasteiger partial charge is 0.365 e. The molecule has 2 aromatic carbocycles. The fourth-order valence-corrected chi connectivity index (χ4v) is 4.08. The van der Waals surface area contributed by atoms with Crippen LogP contribution >= 0.6 is 0 Å². The van der Waals surface area contributed by atoms with Crippen LogP contribution in [-0.4, -0.2) is 46.9 Å². The number of aromatic nitrogens is 2. The first-order valence-corrected chi connectivity index (χ1v) is 10.3. The maximum absolute atomic E-state index is 13.2. The molecule has 32 heavy (non-hydrogen) atoms. The largest absolute Gasteiger partial charge is 0.418 e. The van der Waals surface area contributed by atoms with Crippen molar-refractivity contribution in [3.8, 4) is 5.69 Å². The van der Waals surface area contributed by atoms with E-state index >= 15 is 0 Å². The number of carbonyl (C=O) groups is 1. The van der Waals surface area contributed by atoms with Gasteiger partial charge in [-0.3, -0.25) is 0 Å². The molecule has 6 nitrogen and oxygen atoms in total. The Balaban J connectivity index is 1.44. The zero-order valence-corrected chi connectivity index (χ0v) is 17.9. The molecule has 9 heteroatoms. The first kappa shape index (κ1) is 21.7. The number of hydrogen-bond acceptors (Lipinski definition) is 3. The summed E-state index contributed by atoms with van der Waals surface area (Å²) in [6.45, 7) is 5.89. The minimum absolute atomic E-state index is 0.233. The molecule has 1 N–H and O–H groups in total. The Morgan fingerprint density at radius 1 is 0.938 bits per heavy atom. The van der Waals surface area contributed by atoms with Gasteiger partial charge in [0.25, 0.3) is 0 Å². The number of anilines is 2. The normalized spacial score (nSPS) is 14.5. The van der Waals surface area contributed by atoms with Gasteiger partial charge in [0, 0.05) is 26.2 Å². The van der Waals surface area contributed by atoms with Crippen LogP contribution in [0.2, 0.25) is 0 Å². The number of nitrogens with zero attached hydrogens (tertiary/aromatic N) is 4. The highest BCUT2D eigenvalue weighted by atomic mass is 19.4. The predicted octanol–water partition coefficient (Wildman–Crippen LogP) is 4.86. The highest BCUT2D eigenvalue weighted by Gasteiger charge is 2.34. The van der Waals surface area contributed by atoms with Crippen LogP contribution in [0.3, 0.4) is 0 Å². The average molecular weight is 443 g/mol. The van der Waals surface area contributed by atoms with Crippen LogP contribution in [0.1, 0.15) is 17.0 Å². The molecule has 168 valence electrons. The Morgan fingerprint density at radius 3 is 2.22 bits per heavy atom. The molecular formula is C23H24F3N5O. The van der Waals surface area contributed by atoms with Crippen LogP contribution in [0.5, 0.6) is 0 Å². The fraction of sp³-hybridized carbons (Fsp3) is 0.304. The molecule has 2 heterocycles. The van der Waals surface area contributed by atoms with E-state index < -0.39 is 17.8 Å². The second kappa shape index (κ2) is 8.57. The van der Waals surface area contributed by atoms with Crippen molar-refractivity contribution in [1.82, 2.24) is 14.7 Å². The fourth-order valence-electron chi connectivity index (χ4n) is 4.08. The number of aryl methyl sites for hydroxylation is 1. The van der Waals surface area contributed by atoms with Crippen molar-refractivity contribution in [1.29, 1.82) is 0 Å². The average Bonchev–Trinajstić information content (AvgIpc) is 3.08. The molecule has 1 saturated heterocycles. The summed E-state index contributed by atoms with van der Waals surface area (Å²) >= 11 is 0. The van der Waals surface area contributed by atoms with Crippen molar-refractivity contribution in [2.24, 2.45) is 0 Å². The van der Waals surface area contributed by atoms with Crippen molar-refractivity contribution in [2.75, 3.05) is 36.4 Å². The lowest BCUT2D eigenvalue weighted by molar-refractivity contribution is -0.136. The van der Waals surface area contributed by atoms with Gasteiger partial charge in [0.15, 0.2) is 0 Å². The van der Waals surface area contributed by atoms with E-state index in [0.717, 1.165) is 28.8 Å². The number of carbonyl (C=O) groups excluding carboxylic acids is 1. The number of piperazine rings is 1. The number of nitrogens with one attached hydrogen (secondary N) is 1. The van der Waals surface area contributed by atoms with Gasteiger partial charge in [-0.15, -0.1) is 0 Å². The molecule has 2 amide bonds. The molecule has 0 aliphatic carbocycles. The zero-order chi connectivity index (χ0) is 22.9. The van der Waals surface area contributed by atoms with E-state index in [4.69, 9.17) is 0 Å². The molecule has 1 aliphatic rings. The monoisotopic (exact) mass is 443 g/mol. The van der Waals surface area contributed by atoms with Crippen LogP contribution in [0.15, 0.2) is 54.6 Å². The first-order chi connectivity index (χ1) is 15.3. The molecular weight excluding hydrogens is 419 g/mol. The third-order valence-electron chi connectivity index (χ3n) is 5.61. The molecule has 0 bridgehead atoms. The van der Waals surface area contributed by atoms with Crippen LogP contribution in [0.25, 0.3) is 5.69 Å². The quantitative estimate of drug-likeness (QED) is 0.629. The number of amides is 2. The Hall–Kier alpha value is -3.49. The molecule has 0 spiro atoms. The molecule has 0 radical (unpaired) electrons. The number of halogens is 3. The minimum atomic E-state index is -4.53. The second-order valence-electron chi connectivity index (χ2n) is 7.71. The number of alkyl halides is 3. The first-order valence-electron chi connectivity index (χ1n) is 10.3. The van der Waals surface area contributed by atoms with Crippen LogP contribution in [0, 0.1) is 13.8 Å². The summed E-state index contributed by atoms with van der Waals surface area (Å²) in [7, 11) is 0. The van der Waals surface area contributed by atoms with E-state index in [-0.39, 0.29) is 5.69 Å². The number of rotatable bonds is 3. The van der Waals surface area contributed by atoms with E-state index in [2.05, 4.69) is 15.3 Å². The standard InChI is InChI=1S/C23H24F3N5O/c1-16-21(17(2)31(28-16)18-8-4-3-5-9-18)29-12-14-30(15-13-29)22(32)27-20-11-7-6-10-19(20)23(24,25)26/h3-11H,12-15H2,1-2H3,(H,27,32). The van der Waals surface area contributed by atoms with Crippen LogP contribution < -0.4 is 10.2 Å². The predicted molar refractivity (Wildman–Crippen MR) is 117 cm³/mol. The summed E-state index contributed by atoms with van der Waals surface area (Å²) in [5.74, 6) is 0. The molecule has 1 fully saturated rings. The molecule has 1 aliphatic heterocycles. The SMILES string of the molecule is Cc1nn(-c2ccccc2)c(C)c1N1CCN(C(=O)Nc2ccccc2C(F)(F)F)CC1. The molecule has 0 unspecified atom stereocenters. The van der Waals surface area contributed by atoms with E-state index in [1.165, 1.54) is 23.1 Å². The maximum Gasteiger partial charge on any atom is 0.418 e. The molecule has 1 aromatic heterocycles. The van der Waals surface area contributed by atoms with Gasteiger partial charge in [0.2, 0.25) is 0 Å². The van der Waals surface area contributed by atoms with Crippen molar-refractivity contribution in [3.63, 3.8) is 0 Å². The van der Waals surface area contributed by atoms with Gasteiger partial charge < -0.3 is 15.1 Å². The van der Waals surface area contributed by atoms with Crippen molar-refractivity contribution >= 4 is 17.4 Å². The van der Waals surface area contributed by atoms with Crippen molar-refractivity contribution < 1.29 is 18.0 Å². The summed E-state index contributed by atoms with van der Waals surface area (Å²) in [5, 5.41) is 7.10. The molecule has 0 atom stereocenters. The van der Waals surface area contributed by atoms with Gasteiger partial charge in [0.1, 0.15) is 0 Å². The van der Waals surface area contributed by atoms with E-state index in [1.54, 1.807) is 0 Å². The Bertz CT molecular complexity index is 1100. The van der Waals surface area contributed by atoms with E-state index in [0.29, 0.717) is 26.2 Å². The lowest BCUT2D eigenvalue weighted by Gasteiger charge is -2.36. The number of hydrogen-bond donors (Lipinski definition) is 1.